The lowest BCUT2D eigenvalue weighted by molar-refractivity contribution is 0.0752. The van der Waals surface area contributed by atoms with Gasteiger partial charge in [-0.3, -0.25) is 9.69 Å². The van der Waals surface area contributed by atoms with Crippen LogP contribution in [-0.4, -0.2) is 88.4 Å². The number of likely N-dealkylation sites (tertiary alicyclic amines) is 1. The van der Waals surface area contributed by atoms with Gasteiger partial charge in [-0.1, -0.05) is 30.9 Å². The first-order valence-electron chi connectivity index (χ1n) is 15.9. The third-order valence-corrected chi connectivity index (χ3v) is 10.2. The number of aromatic nitrogens is 2. The Morgan fingerprint density at radius 1 is 1.14 bits per heavy atom. The van der Waals surface area contributed by atoms with Crippen LogP contribution in [-0.2, 0) is 13.1 Å². The average molecular weight is 599 g/mol. The molecule has 1 aromatic heterocycles. The molecule has 8 rings (SSSR count). The highest BCUT2D eigenvalue weighted by molar-refractivity contribution is 6.10. The normalized spacial score (nSPS) is 25.4. The zero-order valence-electron chi connectivity index (χ0n) is 25.0. The molecule has 3 aromatic rings. The highest BCUT2D eigenvalue weighted by Gasteiger charge is 2.46. The average Bonchev–Trinajstić information content (AvgIpc) is 3.28. The van der Waals surface area contributed by atoms with Crippen molar-refractivity contribution in [3.63, 3.8) is 0 Å². The smallest absolute Gasteiger partial charge is 0.318 e. The molecule has 3 unspecified atom stereocenters. The molecular formula is C34H39FN6O3. The molecule has 2 N–H and O–H groups in total. The van der Waals surface area contributed by atoms with E-state index in [2.05, 4.69) is 21.7 Å². The van der Waals surface area contributed by atoms with Crippen LogP contribution in [0.5, 0.6) is 11.8 Å². The highest BCUT2D eigenvalue weighted by atomic mass is 19.1. The van der Waals surface area contributed by atoms with Gasteiger partial charge in [0.15, 0.2) is 0 Å². The Labute approximate surface area is 256 Å². The first-order chi connectivity index (χ1) is 21.4. The quantitative estimate of drug-likeness (QED) is 0.397. The number of aromatic hydroxyl groups is 1. The summed E-state index contributed by atoms with van der Waals surface area (Å²) in [5, 5.41) is 15.8. The standard InChI is InChI=1S/C34H39FN6O3/c1-2-21-4-3-5-22-12-26(42)13-27(30(21)22)32(43)41-17-28-29(18-41)37-33(38-31(28)40-15-24-6-7-25(16-40)36-24)44-20-34(9-10-34)19-39-11-8-23(35)14-39/h2-5,12-13,23-25,36,42H,1,6-11,14-20H2. The minimum Gasteiger partial charge on any atom is -0.508 e. The Balaban J connectivity index is 1.09. The van der Waals surface area contributed by atoms with Gasteiger partial charge < -0.3 is 25.0 Å². The number of anilines is 1. The van der Waals surface area contributed by atoms with E-state index < -0.39 is 6.17 Å². The number of carbonyl (C=O) groups excluding carboxylic acids is 1. The Morgan fingerprint density at radius 2 is 1.95 bits per heavy atom. The molecule has 2 aromatic carbocycles. The Hall–Kier alpha value is -3.76. The number of rotatable bonds is 8. The molecule has 230 valence electrons. The fraction of sp³-hybridized carbons (Fsp3) is 0.500. The van der Waals surface area contributed by atoms with Crippen LogP contribution in [0.15, 0.2) is 36.9 Å². The Bertz CT molecular complexity index is 1630. The van der Waals surface area contributed by atoms with Gasteiger partial charge in [0.2, 0.25) is 0 Å². The third kappa shape index (κ3) is 5.07. The second-order valence-corrected chi connectivity index (χ2v) is 13.5. The molecule has 10 heteroatoms. The van der Waals surface area contributed by atoms with Gasteiger partial charge >= 0.3 is 6.01 Å². The SMILES string of the molecule is C=Cc1cccc2cc(O)cc(C(=O)N3Cc4nc(OCC5(CN6CCC(F)C6)CC5)nc(N5CC6CCC(C5)N6)c4C3)c12. The summed E-state index contributed by atoms with van der Waals surface area (Å²) in [7, 11) is 0. The molecule has 0 spiro atoms. The summed E-state index contributed by atoms with van der Waals surface area (Å²) >= 11 is 0. The summed E-state index contributed by atoms with van der Waals surface area (Å²) < 4.78 is 20.2. The number of halogens is 1. The van der Waals surface area contributed by atoms with E-state index in [0.29, 0.717) is 56.3 Å². The summed E-state index contributed by atoms with van der Waals surface area (Å²) in [6.07, 6.45) is 6.06. The Kier molecular flexibility index (Phi) is 6.75. The first kappa shape index (κ1) is 27.8. The highest BCUT2D eigenvalue weighted by Crippen LogP contribution is 2.47. The maximum absolute atomic E-state index is 14.1. The second-order valence-electron chi connectivity index (χ2n) is 13.5. The summed E-state index contributed by atoms with van der Waals surface area (Å²) in [5.41, 5.74) is 3.10. The van der Waals surface area contributed by atoms with E-state index in [0.717, 1.165) is 85.3 Å². The van der Waals surface area contributed by atoms with Crippen molar-refractivity contribution in [3.8, 4) is 11.8 Å². The van der Waals surface area contributed by atoms with Crippen LogP contribution in [0.3, 0.4) is 0 Å². The van der Waals surface area contributed by atoms with E-state index >= 15 is 0 Å². The number of nitrogens with zero attached hydrogens (tertiary/aromatic N) is 5. The predicted molar refractivity (Wildman–Crippen MR) is 167 cm³/mol. The van der Waals surface area contributed by atoms with Crippen molar-refractivity contribution in [1.82, 2.24) is 25.1 Å². The van der Waals surface area contributed by atoms with Crippen LogP contribution in [0.2, 0.25) is 0 Å². The Morgan fingerprint density at radius 3 is 2.68 bits per heavy atom. The number of amides is 1. The lowest BCUT2D eigenvalue weighted by Crippen LogP contribution is -2.51. The number of piperazine rings is 1. The summed E-state index contributed by atoms with van der Waals surface area (Å²) in [4.78, 5) is 30.4. The van der Waals surface area contributed by atoms with Crippen molar-refractivity contribution >= 4 is 28.6 Å². The second kappa shape index (κ2) is 10.7. The van der Waals surface area contributed by atoms with Gasteiger partial charge in [-0.2, -0.15) is 9.97 Å². The van der Waals surface area contributed by atoms with Crippen molar-refractivity contribution in [1.29, 1.82) is 0 Å². The van der Waals surface area contributed by atoms with Crippen LogP contribution in [0.25, 0.3) is 16.8 Å². The number of fused-ring (bicyclic) bond motifs is 4. The summed E-state index contributed by atoms with van der Waals surface area (Å²) in [6, 6.07) is 10.2. The molecular weight excluding hydrogens is 559 g/mol. The van der Waals surface area contributed by atoms with Gasteiger partial charge in [-0.15, -0.1) is 0 Å². The molecule has 9 nitrogen and oxygen atoms in total. The van der Waals surface area contributed by atoms with Crippen molar-refractivity contribution in [2.45, 2.75) is 63.4 Å². The maximum Gasteiger partial charge on any atom is 0.318 e. The first-order valence-corrected chi connectivity index (χ1v) is 15.9. The van der Waals surface area contributed by atoms with Gasteiger partial charge in [0.05, 0.1) is 31.0 Å². The van der Waals surface area contributed by atoms with Crippen molar-refractivity contribution in [2.24, 2.45) is 5.41 Å². The molecule has 1 amide bonds. The van der Waals surface area contributed by atoms with E-state index in [1.165, 1.54) is 0 Å². The molecule has 5 aliphatic rings. The van der Waals surface area contributed by atoms with E-state index in [9.17, 15) is 14.3 Å². The molecule has 1 aliphatic carbocycles. The van der Waals surface area contributed by atoms with Crippen LogP contribution in [0.4, 0.5) is 10.2 Å². The zero-order valence-corrected chi connectivity index (χ0v) is 25.0. The molecule has 5 heterocycles. The molecule has 1 saturated carbocycles. The number of benzene rings is 2. The lowest BCUT2D eigenvalue weighted by atomic mass is 9.98. The van der Waals surface area contributed by atoms with E-state index in [-0.39, 0.29) is 17.1 Å². The molecule has 3 saturated heterocycles. The van der Waals surface area contributed by atoms with Gasteiger partial charge in [-0.25, -0.2) is 4.39 Å². The summed E-state index contributed by atoms with van der Waals surface area (Å²) in [6.45, 7) is 9.06. The van der Waals surface area contributed by atoms with Crippen LogP contribution in [0, 0.1) is 5.41 Å². The topological polar surface area (TPSA) is 94.1 Å². The zero-order chi connectivity index (χ0) is 30.0. The predicted octanol–water partition coefficient (Wildman–Crippen LogP) is 4.28. The molecule has 44 heavy (non-hydrogen) atoms. The molecule has 3 atom stereocenters. The monoisotopic (exact) mass is 598 g/mol. The van der Waals surface area contributed by atoms with Crippen LogP contribution >= 0.6 is 0 Å². The maximum atomic E-state index is 14.1. The van der Waals surface area contributed by atoms with E-state index in [1.807, 2.05) is 18.2 Å². The number of hydrogen-bond donors (Lipinski definition) is 2. The number of ether oxygens (including phenoxy) is 1. The molecule has 0 radical (unpaired) electrons. The molecule has 2 bridgehead atoms. The fourth-order valence-electron chi connectivity index (χ4n) is 7.75. The van der Waals surface area contributed by atoms with E-state index in [1.54, 1.807) is 23.1 Å². The third-order valence-electron chi connectivity index (χ3n) is 10.2. The number of phenols is 1. The van der Waals surface area contributed by atoms with Crippen molar-refractivity contribution in [3.05, 3.63) is 59.3 Å². The molecule has 4 aliphatic heterocycles. The fourth-order valence-corrected chi connectivity index (χ4v) is 7.75. The van der Waals surface area contributed by atoms with Crippen molar-refractivity contribution < 1.29 is 19.0 Å². The number of nitrogens with one attached hydrogen (secondary N) is 1. The molecule has 4 fully saturated rings. The lowest BCUT2D eigenvalue weighted by Gasteiger charge is -2.34. The summed E-state index contributed by atoms with van der Waals surface area (Å²) in [5.74, 6) is 0.743. The largest absolute Gasteiger partial charge is 0.508 e. The minimum atomic E-state index is -0.726. The number of carbonyl (C=O) groups is 1. The van der Waals surface area contributed by atoms with Gasteiger partial charge in [0, 0.05) is 61.2 Å². The van der Waals surface area contributed by atoms with Crippen LogP contribution < -0.4 is 15.0 Å². The number of alkyl halides is 1. The number of phenolic OH excluding ortho intramolecular Hbond substituents is 1. The number of hydrogen-bond acceptors (Lipinski definition) is 8. The van der Waals surface area contributed by atoms with Gasteiger partial charge in [-0.05, 0) is 55.2 Å². The minimum absolute atomic E-state index is 0.0297. The van der Waals surface area contributed by atoms with E-state index in [4.69, 9.17) is 14.7 Å². The van der Waals surface area contributed by atoms with Gasteiger partial charge in [0.1, 0.15) is 17.7 Å². The van der Waals surface area contributed by atoms with Crippen LogP contribution in [0.1, 0.15) is 59.3 Å². The van der Waals surface area contributed by atoms with Gasteiger partial charge in [0.25, 0.3) is 5.91 Å². The van der Waals surface area contributed by atoms with Crippen molar-refractivity contribution in [2.75, 3.05) is 44.2 Å².